The first-order chi connectivity index (χ1) is 15.0. The van der Waals surface area contributed by atoms with Crippen molar-refractivity contribution in [3.63, 3.8) is 0 Å². The number of pyridine rings is 1. The highest BCUT2D eigenvalue weighted by atomic mass is 32.2. The van der Waals surface area contributed by atoms with Crippen LogP contribution in [0.5, 0.6) is 11.5 Å². The fraction of sp³-hybridized carbons (Fsp3) is 0.409. The monoisotopic (exact) mass is 442 g/mol. The predicted molar refractivity (Wildman–Crippen MR) is 117 cm³/mol. The van der Waals surface area contributed by atoms with E-state index in [1.54, 1.807) is 22.5 Å². The van der Waals surface area contributed by atoms with Crippen molar-refractivity contribution in [2.45, 2.75) is 11.3 Å². The molecule has 164 valence electrons. The summed E-state index contributed by atoms with van der Waals surface area (Å²) >= 11 is 0. The first-order valence-corrected chi connectivity index (χ1v) is 12.0. The maximum Gasteiger partial charge on any atom is 0.243 e. The number of ether oxygens (including phenoxy) is 2. The predicted octanol–water partition coefficient (Wildman–Crippen LogP) is 1.89. The molecule has 1 saturated heterocycles. The number of sulfonamides is 1. The molecule has 0 saturated carbocycles. The Balaban J connectivity index is 1.22. The van der Waals surface area contributed by atoms with Crippen molar-refractivity contribution in [2.24, 2.45) is 7.05 Å². The minimum atomic E-state index is -3.55. The van der Waals surface area contributed by atoms with Crippen LogP contribution < -0.4 is 9.47 Å². The standard InChI is InChI=1S/C22H26N4O4S/c1-24-16-17(19-3-2-7-23-22(19)24)6-8-25-9-11-26(12-10-25)31(27,28)18-4-5-20-21(15-18)30-14-13-29-20/h2-5,7,15-16H,6,8-14H2,1H3. The first-order valence-electron chi connectivity index (χ1n) is 10.5. The van der Waals surface area contributed by atoms with E-state index in [-0.39, 0.29) is 4.90 Å². The number of rotatable bonds is 5. The molecular formula is C22H26N4O4S. The van der Waals surface area contributed by atoms with E-state index >= 15 is 0 Å². The van der Waals surface area contributed by atoms with Crippen LogP contribution in [0, 0.1) is 0 Å². The third-order valence-corrected chi connectivity index (χ3v) is 7.89. The van der Waals surface area contributed by atoms with E-state index in [2.05, 4.69) is 26.7 Å². The molecule has 0 atom stereocenters. The molecule has 5 rings (SSSR count). The van der Waals surface area contributed by atoms with Crippen LogP contribution in [0.25, 0.3) is 11.0 Å². The van der Waals surface area contributed by atoms with E-state index < -0.39 is 10.0 Å². The van der Waals surface area contributed by atoms with Gasteiger partial charge in [0.25, 0.3) is 0 Å². The van der Waals surface area contributed by atoms with Gasteiger partial charge in [-0.3, -0.25) is 0 Å². The molecule has 0 unspecified atom stereocenters. The van der Waals surface area contributed by atoms with Crippen molar-refractivity contribution in [3.8, 4) is 11.5 Å². The quantitative estimate of drug-likeness (QED) is 0.601. The lowest BCUT2D eigenvalue weighted by Gasteiger charge is -2.34. The molecule has 0 spiro atoms. The summed E-state index contributed by atoms with van der Waals surface area (Å²) in [5.74, 6) is 1.09. The fourth-order valence-corrected chi connectivity index (χ4v) is 5.74. The Kier molecular flexibility index (Phi) is 5.33. The Bertz CT molecular complexity index is 1200. The first kappa shape index (κ1) is 20.3. The van der Waals surface area contributed by atoms with Gasteiger partial charge in [0.2, 0.25) is 10.0 Å². The molecule has 1 aromatic carbocycles. The number of nitrogens with zero attached hydrogens (tertiary/aromatic N) is 4. The molecule has 2 aliphatic rings. The summed E-state index contributed by atoms with van der Waals surface area (Å²) in [4.78, 5) is 7.03. The number of hydrogen-bond donors (Lipinski definition) is 0. The Hall–Kier alpha value is -2.62. The SMILES string of the molecule is Cn1cc(CCN2CCN(S(=O)(=O)c3ccc4c(c3)OCCO4)CC2)c2cccnc21. The molecule has 9 heteroatoms. The highest BCUT2D eigenvalue weighted by Gasteiger charge is 2.29. The van der Waals surface area contributed by atoms with E-state index in [4.69, 9.17) is 9.47 Å². The Morgan fingerprint density at radius 1 is 1.03 bits per heavy atom. The molecule has 1 fully saturated rings. The van der Waals surface area contributed by atoms with Crippen LogP contribution in [0.2, 0.25) is 0 Å². The van der Waals surface area contributed by atoms with Gasteiger partial charge in [-0.1, -0.05) is 0 Å². The van der Waals surface area contributed by atoms with Gasteiger partial charge in [-0.15, -0.1) is 0 Å². The zero-order chi connectivity index (χ0) is 21.4. The van der Waals surface area contributed by atoms with Crippen LogP contribution >= 0.6 is 0 Å². The Labute approximate surface area is 182 Å². The highest BCUT2D eigenvalue weighted by molar-refractivity contribution is 7.89. The lowest BCUT2D eigenvalue weighted by atomic mass is 10.1. The molecule has 4 heterocycles. The topological polar surface area (TPSA) is 76.9 Å². The zero-order valence-electron chi connectivity index (χ0n) is 17.5. The van der Waals surface area contributed by atoms with E-state index in [1.165, 1.54) is 10.9 Å². The summed E-state index contributed by atoms with van der Waals surface area (Å²) in [5, 5.41) is 1.19. The largest absolute Gasteiger partial charge is 0.486 e. The molecular weight excluding hydrogens is 416 g/mol. The molecule has 3 aromatic rings. The molecule has 2 aliphatic heterocycles. The summed E-state index contributed by atoms with van der Waals surface area (Å²) in [7, 11) is -1.54. The molecule has 0 amide bonds. The van der Waals surface area contributed by atoms with E-state index in [0.29, 0.717) is 50.9 Å². The summed E-state index contributed by atoms with van der Waals surface area (Å²) in [6.45, 7) is 4.20. The van der Waals surface area contributed by atoms with Crippen molar-refractivity contribution in [1.29, 1.82) is 0 Å². The van der Waals surface area contributed by atoms with Gasteiger partial charge < -0.3 is 18.9 Å². The van der Waals surface area contributed by atoms with Crippen LogP contribution in [-0.4, -0.2) is 73.1 Å². The van der Waals surface area contributed by atoms with Crippen LogP contribution in [0.15, 0.2) is 47.6 Å². The average molecular weight is 443 g/mol. The molecule has 0 radical (unpaired) electrons. The Morgan fingerprint density at radius 3 is 2.61 bits per heavy atom. The third-order valence-electron chi connectivity index (χ3n) is 6.00. The number of aromatic nitrogens is 2. The number of hydrogen-bond acceptors (Lipinski definition) is 6. The number of fused-ring (bicyclic) bond motifs is 2. The van der Waals surface area contributed by atoms with Gasteiger partial charge in [0.1, 0.15) is 18.9 Å². The fourth-order valence-electron chi connectivity index (χ4n) is 4.30. The minimum Gasteiger partial charge on any atom is -0.486 e. The van der Waals surface area contributed by atoms with Gasteiger partial charge in [-0.25, -0.2) is 13.4 Å². The van der Waals surface area contributed by atoms with Crippen molar-refractivity contribution >= 4 is 21.1 Å². The second kappa shape index (κ2) is 8.14. The van der Waals surface area contributed by atoms with Gasteiger partial charge >= 0.3 is 0 Å². The summed E-state index contributed by atoms with van der Waals surface area (Å²) in [6.07, 6.45) is 4.87. The van der Waals surface area contributed by atoms with Gasteiger partial charge in [0.05, 0.1) is 4.90 Å². The number of piperazine rings is 1. The maximum absolute atomic E-state index is 13.1. The van der Waals surface area contributed by atoms with Crippen LogP contribution in [0.3, 0.4) is 0 Å². The number of benzene rings is 1. The summed E-state index contributed by atoms with van der Waals surface area (Å²) in [5.41, 5.74) is 2.27. The maximum atomic E-state index is 13.1. The third kappa shape index (κ3) is 3.88. The van der Waals surface area contributed by atoms with Crippen molar-refractivity contribution in [1.82, 2.24) is 18.8 Å². The van der Waals surface area contributed by atoms with E-state index in [0.717, 1.165) is 18.6 Å². The molecule has 2 aromatic heterocycles. The normalized spacial score (nSPS) is 17.8. The lowest BCUT2D eigenvalue weighted by molar-refractivity contribution is 0.171. The van der Waals surface area contributed by atoms with Crippen molar-refractivity contribution < 1.29 is 17.9 Å². The number of aryl methyl sites for hydroxylation is 1. The smallest absolute Gasteiger partial charge is 0.243 e. The van der Waals surface area contributed by atoms with Gasteiger partial charge in [-0.05, 0) is 36.2 Å². The Morgan fingerprint density at radius 2 is 1.81 bits per heavy atom. The van der Waals surface area contributed by atoms with Gasteiger partial charge in [0, 0.05) is 63.6 Å². The van der Waals surface area contributed by atoms with Crippen LogP contribution in [0.1, 0.15) is 5.56 Å². The second-order valence-electron chi connectivity index (χ2n) is 7.94. The van der Waals surface area contributed by atoms with E-state index in [1.807, 2.05) is 19.3 Å². The van der Waals surface area contributed by atoms with Crippen molar-refractivity contribution in [3.05, 3.63) is 48.3 Å². The summed E-state index contributed by atoms with van der Waals surface area (Å²) < 4.78 is 40.9. The molecule has 31 heavy (non-hydrogen) atoms. The average Bonchev–Trinajstić information content (AvgIpc) is 3.13. The van der Waals surface area contributed by atoms with Crippen molar-refractivity contribution in [2.75, 3.05) is 45.9 Å². The highest BCUT2D eigenvalue weighted by Crippen LogP contribution is 2.33. The molecule has 0 bridgehead atoms. The summed E-state index contributed by atoms with van der Waals surface area (Å²) in [6, 6.07) is 8.92. The van der Waals surface area contributed by atoms with Crippen LogP contribution in [-0.2, 0) is 23.5 Å². The minimum absolute atomic E-state index is 0.258. The molecule has 8 nitrogen and oxygen atoms in total. The van der Waals surface area contributed by atoms with Gasteiger partial charge in [-0.2, -0.15) is 4.31 Å². The zero-order valence-corrected chi connectivity index (χ0v) is 18.3. The molecule has 0 N–H and O–H groups in total. The molecule has 0 aliphatic carbocycles. The van der Waals surface area contributed by atoms with Gasteiger partial charge in [0.15, 0.2) is 11.5 Å². The van der Waals surface area contributed by atoms with Crippen LogP contribution in [0.4, 0.5) is 0 Å². The lowest BCUT2D eigenvalue weighted by Crippen LogP contribution is -2.49. The van der Waals surface area contributed by atoms with E-state index in [9.17, 15) is 8.42 Å². The second-order valence-corrected chi connectivity index (χ2v) is 9.88.